The van der Waals surface area contributed by atoms with Gasteiger partial charge in [-0.25, -0.2) is 4.98 Å². The number of oxime groups is 1. The second-order valence-corrected chi connectivity index (χ2v) is 18.8. The van der Waals surface area contributed by atoms with Gasteiger partial charge in [0.25, 0.3) is 0 Å². The number of aromatic nitrogens is 2. The van der Waals surface area contributed by atoms with Crippen LogP contribution >= 0.6 is 59.3 Å². The number of nitrogens with zero attached hydrogens (tertiary/aromatic N) is 4. The fourth-order valence-electron chi connectivity index (χ4n) is 5.06. The summed E-state index contributed by atoms with van der Waals surface area (Å²) in [6.45, 7) is 21.8. The number of hydrogen-bond acceptors (Lipinski definition) is 22. The van der Waals surface area contributed by atoms with Gasteiger partial charge >= 0.3 is 40.2 Å². The molecule has 66 heavy (non-hydrogen) atoms. The number of aryl methyl sites for hydroxylation is 2. The summed E-state index contributed by atoms with van der Waals surface area (Å²) in [5, 5.41) is 27.0. The van der Waals surface area contributed by atoms with Crippen molar-refractivity contribution in [2.24, 2.45) is 10.1 Å². The second kappa shape index (κ2) is 32.5. The molecule has 0 aliphatic carbocycles. The third kappa shape index (κ3) is 28.9. The van der Waals surface area contributed by atoms with E-state index in [1.807, 2.05) is 79.7 Å². The topological polar surface area (TPSA) is 248 Å². The molecule has 1 aromatic heterocycles. The number of benzene rings is 2. The van der Waals surface area contributed by atoms with Gasteiger partial charge in [0.2, 0.25) is 0 Å². The molecule has 368 valence electrons. The number of halogens is 2. The minimum absolute atomic E-state index is 0. The third-order valence-corrected chi connectivity index (χ3v) is 10.4. The first-order chi connectivity index (χ1) is 30.3. The Balaban J connectivity index is 0.000000801. The molecule has 0 spiro atoms. The van der Waals surface area contributed by atoms with Gasteiger partial charge in [-0.1, -0.05) is 63.9 Å². The minimum atomic E-state index is -3.11. The molecule has 0 amide bonds. The van der Waals surface area contributed by atoms with Crippen molar-refractivity contribution >= 4 is 81.3 Å². The Hall–Kier alpha value is -1.40. The van der Waals surface area contributed by atoms with Crippen molar-refractivity contribution in [3.63, 3.8) is 0 Å². The molecule has 7 rings (SSSR count). The van der Waals surface area contributed by atoms with Gasteiger partial charge in [-0.3, -0.25) is 4.99 Å². The molecule has 4 saturated heterocycles. The van der Waals surface area contributed by atoms with Crippen LogP contribution in [0, 0.1) is 20.5 Å². The van der Waals surface area contributed by atoms with Gasteiger partial charge in [-0.15, -0.1) is 30.3 Å². The van der Waals surface area contributed by atoms with Gasteiger partial charge in [0.15, 0.2) is 33.3 Å². The van der Waals surface area contributed by atoms with Crippen molar-refractivity contribution in [1.82, 2.24) is 14.4 Å². The van der Waals surface area contributed by atoms with E-state index in [4.69, 9.17) is 77.6 Å². The van der Waals surface area contributed by atoms with E-state index in [1.165, 1.54) is 38.8 Å². The maximum absolute atomic E-state index is 8.47. The van der Waals surface area contributed by atoms with Gasteiger partial charge in [0.05, 0.1) is 32.6 Å². The molecule has 2 aromatic carbocycles. The molecular formula is C40H60Cl2N5NaO14S4. The van der Waals surface area contributed by atoms with Gasteiger partial charge in [-0.05, 0) is 111 Å². The summed E-state index contributed by atoms with van der Waals surface area (Å²) in [6.07, 6.45) is 0.514. The maximum Gasteiger partial charge on any atom is 1.00 e. The molecule has 0 bridgehead atoms. The SMILES string of the molecule is CC1(C)OCC([CH-]O)O1.CC1(C)OC[C@H](/C=N/O)O1.CN=C(Cl)[C@H]1COC(C)(C)O1.Cc1ccc(S)cc1.Cc1ccc(Sc2nc([C@H]3COC(C)(C)O3)ns2)cc1.O=S(=O)=O.ONCl.[Na+]. The number of hydrogen-bond donors (Lipinski definition) is 5. The van der Waals surface area contributed by atoms with Gasteiger partial charge in [-0.2, -0.15) is 11.0 Å². The Kier molecular flexibility index (Phi) is 31.8. The van der Waals surface area contributed by atoms with E-state index in [-0.39, 0.29) is 54.0 Å². The van der Waals surface area contributed by atoms with E-state index in [0.717, 1.165) is 21.7 Å². The fourth-order valence-corrected chi connectivity index (χ4v) is 6.94. The van der Waals surface area contributed by atoms with Crippen LogP contribution in [0.4, 0.5) is 0 Å². The molecule has 4 atom stereocenters. The second-order valence-electron chi connectivity index (χ2n) is 15.3. The molecular weight excluding hydrogens is 997 g/mol. The Morgan fingerprint density at radius 3 is 1.70 bits per heavy atom. The van der Waals surface area contributed by atoms with E-state index < -0.39 is 33.8 Å². The van der Waals surface area contributed by atoms with E-state index in [2.05, 4.69) is 82.0 Å². The van der Waals surface area contributed by atoms with E-state index in [0.29, 0.717) is 31.6 Å². The van der Waals surface area contributed by atoms with Crippen molar-refractivity contribution in [3.8, 4) is 0 Å². The van der Waals surface area contributed by atoms with Crippen molar-refractivity contribution < 1.29 is 95.6 Å². The van der Waals surface area contributed by atoms with E-state index in [1.54, 1.807) is 18.8 Å². The van der Waals surface area contributed by atoms with Crippen LogP contribution in [0.3, 0.4) is 0 Å². The van der Waals surface area contributed by atoms with Gasteiger partial charge in [0.1, 0.15) is 23.5 Å². The number of nitrogens with one attached hydrogen (secondary N) is 1. The van der Waals surface area contributed by atoms with Crippen LogP contribution in [0.5, 0.6) is 0 Å². The summed E-state index contributed by atoms with van der Waals surface area (Å²) < 4.78 is 73.4. The predicted octanol–water partition coefficient (Wildman–Crippen LogP) is 4.90. The Bertz CT molecular complexity index is 1960. The predicted molar refractivity (Wildman–Crippen MR) is 248 cm³/mol. The van der Waals surface area contributed by atoms with Crippen LogP contribution in [0.2, 0.25) is 0 Å². The third-order valence-electron chi connectivity index (χ3n) is 7.93. The van der Waals surface area contributed by atoms with Crippen LogP contribution in [-0.2, 0) is 48.5 Å². The largest absolute Gasteiger partial charge is 1.00 e. The Labute approximate surface area is 434 Å². The summed E-state index contributed by atoms with van der Waals surface area (Å²) >= 11 is 17.2. The molecule has 4 fully saturated rings. The first kappa shape index (κ1) is 64.6. The van der Waals surface area contributed by atoms with Crippen molar-refractivity contribution in [2.75, 3.05) is 33.5 Å². The summed E-state index contributed by atoms with van der Waals surface area (Å²) in [7, 11) is -1.48. The maximum atomic E-state index is 8.47. The number of aliphatic hydroxyl groups excluding tert-OH is 1. The number of thiol groups is 1. The fraction of sp³-hybridized carbons (Fsp3) is 0.575. The zero-order valence-corrected chi connectivity index (χ0v) is 45.8. The number of aliphatic hydroxyl groups is 1. The van der Waals surface area contributed by atoms with E-state index in [9.17, 15) is 0 Å². The summed E-state index contributed by atoms with van der Waals surface area (Å²) in [4.78, 5) is 11.8. The molecule has 4 aliphatic heterocycles. The summed E-state index contributed by atoms with van der Waals surface area (Å²) in [5.74, 6) is -1.40. The summed E-state index contributed by atoms with van der Waals surface area (Å²) in [6, 6.07) is 16.4. The average molecular weight is 1060 g/mol. The Morgan fingerprint density at radius 1 is 0.848 bits per heavy atom. The first-order valence-electron chi connectivity index (χ1n) is 19.4. The van der Waals surface area contributed by atoms with Crippen LogP contribution in [0.1, 0.15) is 78.4 Å². The number of ether oxygens (including phenoxy) is 8. The normalized spacial score (nSPS) is 22.6. The Morgan fingerprint density at radius 2 is 1.32 bits per heavy atom. The molecule has 0 radical (unpaired) electrons. The van der Waals surface area contributed by atoms with Crippen LogP contribution < -0.4 is 34.6 Å². The zero-order chi connectivity index (χ0) is 49.4. The molecule has 4 aliphatic rings. The monoisotopic (exact) mass is 1060 g/mol. The standard InChI is InChI=1S/C14H16N2O2S2.C7H12ClNO2.C7H8S.C6H11NO3.C6H11O3.ClH2NO.Na.O3S/c1-9-4-6-10(7-5-9)19-13-15-12(16-20-13)11-8-17-14(2,3)18-11;1-7(2)10-4-5(11-7)6(8)9-3;1-6-2-4-7(8)5-3-6;1-6(2)9-4-5(10-6)3-7-8;1-6(2)8-4-5(3-7)9-6;1-2-3;;1-4(2)3/h4-7,11H,8H2,1-3H3;5H,4H2,1-3H3;2-5,8H,1H3;3,5,8H,4H2,1-2H3;3,5,7H,4H2,1-2H3;2-3H;;/q;;;;-1;;+1;/b;;;7-3+;;;;/t11-;5-;;5-;;;;/m11.0..../s1. The van der Waals surface area contributed by atoms with Gasteiger partial charge < -0.3 is 53.4 Å². The van der Waals surface area contributed by atoms with E-state index >= 15 is 0 Å². The quantitative estimate of drug-likeness (QED) is 0.0419. The molecule has 19 nitrogen and oxygen atoms in total. The van der Waals surface area contributed by atoms with Crippen LogP contribution in [0.15, 0.2) is 72.8 Å². The van der Waals surface area contributed by atoms with Crippen LogP contribution in [-0.4, -0.2) is 124 Å². The summed E-state index contributed by atoms with van der Waals surface area (Å²) in [5.41, 5.74) is 2.54. The zero-order valence-electron chi connectivity index (χ0n) is 39.0. The number of aliphatic imine (C=N–C) groups is 1. The smallest absolute Gasteiger partial charge is 0.563 e. The molecule has 5 heterocycles. The average Bonchev–Trinajstić information content (AvgIpc) is 4.07. The number of rotatable bonds is 6. The minimum Gasteiger partial charge on any atom is -0.563 e. The molecule has 0 saturated carbocycles. The first-order valence-corrected chi connectivity index (χ1v) is 23.2. The van der Waals surface area contributed by atoms with Gasteiger partial charge in [0, 0.05) is 28.6 Å². The molecule has 1 unspecified atom stereocenters. The van der Waals surface area contributed by atoms with Crippen LogP contribution in [0.25, 0.3) is 0 Å². The van der Waals surface area contributed by atoms with Crippen molar-refractivity contribution in [3.05, 3.63) is 72.1 Å². The van der Waals surface area contributed by atoms with Crippen molar-refractivity contribution in [2.45, 2.75) is 131 Å². The molecule has 3 aromatic rings. The van der Waals surface area contributed by atoms with Crippen molar-refractivity contribution in [1.29, 1.82) is 0 Å². The molecule has 4 N–H and O–H groups in total. The molecule has 26 heteroatoms.